The number of hydrogen-bond donors (Lipinski definition) is 1. The summed E-state index contributed by atoms with van der Waals surface area (Å²) in [6.45, 7) is 3.60. The van der Waals surface area contributed by atoms with Gasteiger partial charge in [0.1, 0.15) is 5.69 Å². The van der Waals surface area contributed by atoms with Gasteiger partial charge in [0.15, 0.2) is 5.82 Å². The van der Waals surface area contributed by atoms with Crippen molar-refractivity contribution in [2.24, 2.45) is 17.8 Å². The van der Waals surface area contributed by atoms with Crippen LogP contribution in [-0.2, 0) is 7.05 Å². The van der Waals surface area contributed by atoms with Crippen LogP contribution in [0.3, 0.4) is 0 Å². The standard InChI is InChI=1S/C7H10N4/c1-3-6-7(9-4-8)11(2)5-10-6/h3-5H,1H2,2H3,(H2,8,9). The highest BCUT2D eigenvalue weighted by Gasteiger charge is 2.01. The number of rotatable bonds is 2. The molecule has 0 saturated carbocycles. The van der Waals surface area contributed by atoms with Crippen molar-refractivity contribution >= 4 is 18.2 Å². The molecule has 1 aromatic heterocycles. The van der Waals surface area contributed by atoms with Crippen LogP contribution in [0.25, 0.3) is 6.08 Å². The first-order valence-electron chi connectivity index (χ1n) is 3.17. The Morgan fingerprint density at radius 3 is 3.09 bits per heavy atom. The molecule has 4 heteroatoms. The lowest BCUT2D eigenvalue weighted by molar-refractivity contribution is 0.912. The molecule has 0 spiro atoms. The van der Waals surface area contributed by atoms with Crippen molar-refractivity contribution in [2.45, 2.75) is 0 Å². The third-order valence-electron chi connectivity index (χ3n) is 1.32. The van der Waals surface area contributed by atoms with Crippen LogP contribution < -0.4 is 5.73 Å². The maximum Gasteiger partial charge on any atom is 0.161 e. The van der Waals surface area contributed by atoms with Crippen LogP contribution in [-0.4, -0.2) is 15.9 Å². The zero-order valence-electron chi connectivity index (χ0n) is 6.36. The Morgan fingerprint density at radius 2 is 2.55 bits per heavy atom. The van der Waals surface area contributed by atoms with Crippen molar-refractivity contribution in [1.29, 1.82) is 0 Å². The Kier molecular flexibility index (Phi) is 2.06. The number of aromatic nitrogens is 2. The monoisotopic (exact) mass is 150 g/mol. The summed E-state index contributed by atoms with van der Waals surface area (Å²) in [6.07, 6.45) is 4.55. The molecular weight excluding hydrogens is 140 g/mol. The smallest absolute Gasteiger partial charge is 0.161 e. The number of nitrogens with two attached hydrogens (primary N) is 1. The van der Waals surface area contributed by atoms with E-state index in [4.69, 9.17) is 5.73 Å². The summed E-state index contributed by atoms with van der Waals surface area (Å²) in [7, 11) is 1.85. The summed E-state index contributed by atoms with van der Waals surface area (Å²) in [6, 6.07) is 0. The van der Waals surface area contributed by atoms with Gasteiger partial charge in [-0.05, 0) is 6.08 Å². The van der Waals surface area contributed by atoms with Crippen LogP contribution in [0.2, 0.25) is 0 Å². The highest BCUT2D eigenvalue weighted by molar-refractivity contribution is 5.63. The van der Waals surface area contributed by atoms with Crippen LogP contribution in [0.15, 0.2) is 17.9 Å². The number of aryl methyl sites for hydroxylation is 1. The lowest BCUT2D eigenvalue weighted by Crippen LogP contribution is -1.90. The molecule has 0 bridgehead atoms. The minimum absolute atomic E-state index is 0.725. The molecule has 0 radical (unpaired) electrons. The van der Waals surface area contributed by atoms with E-state index in [0.29, 0.717) is 0 Å². The third-order valence-corrected chi connectivity index (χ3v) is 1.32. The van der Waals surface area contributed by atoms with Crippen LogP contribution in [0.4, 0.5) is 5.82 Å². The Balaban J connectivity index is 3.17. The van der Waals surface area contributed by atoms with E-state index in [9.17, 15) is 0 Å². The quantitative estimate of drug-likeness (QED) is 0.498. The molecule has 0 atom stereocenters. The van der Waals surface area contributed by atoms with Crippen molar-refractivity contribution in [1.82, 2.24) is 9.55 Å². The Morgan fingerprint density at radius 1 is 1.82 bits per heavy atom. The SMILES string of the molecule is C=Cc1ncn(C)c1N=CN. The summed E-state index contributed by atoms with van der Waals surface area (Å²) in [5, 5.41) is 0. The Hall–Kier alpha value is -1.58. The van der Waals surface area contributed by atoms with Crippen molar-refractivity contribution < 1.29 is 0 Å². The van der Waals surface area contributed by atoms with Gasteiger partial charge in [-0.2, -0.15) is 0 Å². The molecule has 0 amide bonds. The van der Waals surface area contributed by atoms with Gasteiger partial charge >= 0.3 is 0 Å². The second-order valence-corrected chi connectivity index (χ2v) is 2.05. The predicted octanol–water partition coefficient (Wildman–Crippen LogP) is 0.682. The molecule has 58 valence electrons. The van der Waals surface area contributed by atoms with Gasteiger partial charge in [0.25, 0.3) is 0 Å². The highest BCUT2D eigenvalue weighted by atomic mass is 15.1. The summed E-state index contributed by atoms with van der Waals surface area (Å²) in [4.78, 5) is 7.95. The molecule has 2 N–H and O–H groups in total. The summed E-state index contributed by atoms with van der Waals surface area (Å²) in [5.74, 6) is 0.725. The maximum atomic E-state index is 5.15. The van der Waals surface area contributed by atoms with E-state index in [0.717, 1.165) is 11.5 Å². The van der Waals surface area contributed by atoms with Gasteiger partial charge in [-0.1, -0.05) is 6.58 Å². The Bertz CT molecular complexity index is 285. The van der Waals surface area contributed by atoms with Gasteiger partial charge in [-0.25, -0.2) is 9.98 Å². The molecule has 0 aromatic carbocycles. The van der Waals surface area contributed by atoms with Gasteiger partial charge in [0.2, 0.25) is 0 Å². The lowest BCUT2D eigenvalue weighted by Gasteiger charge is -1.93. The number of imidazole rings is 1. The molecule has 0 aliphatic heterocycles. The van der Waals surface area contributed by atoms with Crippen molar-refractivity contribution in [2.75, 3.05) is 0 Å². The highest BCUT2D eigenvalue weighted by Crippen LogP contribution is 2.16. The van der Waals surface area contributed by atoms with Crippen molar-refractivity contribution in [3.8, 4) is 0 Å². The van der Waals surface area contributed by atoms with Gasteiger partial charge in [-0.3, -0.25) is 0 Å². The third kappa shape index (κ3) is 1.29. The van der Waals surface area contributed by atoms with Crippen LogP contribution in [0, 0.1) is 0 Å². The van der Waals surface area contributed by atoms with E-state index in [1.807, 2.05) is 7.05 Å². The minimum atomic E-state index is 0.725. The zero-order valence-corrected chi connectivity index (χ0v) is 6.36. The molecule has 0 aliphatic rings. The molecule has 4 nitrogen and oxygen atoms in total. The molecule has 0 aliphatic carbocycles. The minimum Gasteiger partial charge on any atom is -0.390 e. The normalized spacial score (nSPS) is 10.6. The van der Waals surface area contributed by atoms with Crippen LogP contribution in [0.1, 0.15) is 5.69 Å². The van der Waals surface area contributed by atoms with Crippen molar-refractivity contribution in [3.05, 3.63) is 18.6 Å². The first-order valence-corrected chi connectivity index (χ1v) is 3.17. The largest absolute Gasteiger partial charge is 0.390 e. The predicted molar refractivity (Wildman–Crippen MR) is 45.6 cm³/mol. The van der Waals surface area contributed by atoms with E-state index in [1.54, 1.807) is 17.0 Å². The van der Waals surface area contributed by atoms with Crippen LogP contribution in [0.5, 0.6) is 0 Å². The second kappa shape index (κ2) is 3.01. The molecule has 11 heavy (non-hydrogen) atoms. The van der Waals surface area contributed by atoms with Gasteiger partial charge in [0.05, 0.1) is 12.7 Å². The molecule has 0 fully saturated rings. The second-order valence-electron chi connectivity index (χ2n) is 2.05. The fourth-order valence-corrected chi connectivity index (χ4v) is 0.814. The van der Waals surface area contributed by atoms with Gasteiger partial charge in [0, 0.05) is 7.05 Å². The number of hydrogen-bond acceptors (Lipinski definition) is 2. The summed E-state index contributed by atoms with van der Waals surface area (Å²) >= 11 is 0. The molecule has 0 saturated heterocycles. The van der Waals surface area contributed by atoms with E-state index >= 15 is 0 Å². The van der Waals surface area contributed by atoms with E-state index < -0.39 is 0 Å². The topological polar surface area (TPSA) is 56.2 Å². The summed E-state index contributed by atoms with van der Waals surface area (Å²) in [5.41, 5.74) is 5.89. The molecule has 1 heterocycles. The van der Waals surface area contributed by atoms with Crippen molar-refractivity contribution in [3.63, 3.8) is 0 Å². The molecule has 1 aromatic rings. The summed E-state index contributed by atoms with van der Waals surface area (Å²) < 4.78 is 1.78. The number of nitrogens with zero attached hydrogens (tertiary/aromatic N) is 3. The lowest BCUT2D eigenvalue weighted by atomic mass is 10.4. The fourth-order valence-electron chi connectivity index (χ4n) is 0.814. The first-order chi connectivity index (χ1) is 5.29. The number of aliphatic imine (C=N–C) groups is 1. The average Bonchev–Trinajstić information content (AvgIpc) is 2.34. The van der Waals surface area contributed by atoms with E-state index in [1.165, 1.54) is 6.34 Å². The zero-order chi connectivity index (χ0) is 8.27. The molecular formula is C7H10N4. The van der Waals surface area contributed by atoms with E-state index in [2.05, 4.69) is 16.6 Å². The molecule has 0 unspecified atom stereocenters. The maximum absolute atomic E-state index is 5.15. The van der Waals surface area contributed by atoms with Gasteiger partial charge < -0.3 is 10.3 Å². The van der Waals surface area contributed by atoms with E-state index in [-0.39, 0.29) is 0 Å². The van der Waals surface area contributed by atoms with Crippen LogP contribution >= 0.6 is 0 Å². The fraction of sp³-hybridized carbons (Fsp3) is 0.143. The average molecular weight is 150 g/mol. The van der Waals surface area contributed by atoms with Gasteiger partial charge in [-0.15, -0.1) is 0 Å². The first kappa shape index (κ1) is 7.53. The Labute approximate surface area is 65.1 Å². The molecule has 1 rings (SSSR count).